The van der Waals surface area contributed by atoms with E-state index in [0.29, 0.717) is 0 Å². The van der Waals surface area contributed by atoms with E-state index in [-0.39, 0.29) is 5.54 Å². The van der Waals surface area contributed by atoms with Crippen LogP contribution in [-0.2, 0) is 5.54 Å². The van der Waals surface area contributed by atoms with Gasteiger partial charge in [-0.3, -0.25) is 0 Å². The van der Waals surface area contributed by atoms with Crippen LogP contribution >= 0.6 is 0 Å². The van der Waals surface area contributed by atoms with Crippen LogP contribution in [0.5, 0.6) is 0 Å². The molecule has 1 aromatic rings. The van der Waals surface area contributed by atoms with Crippen LogP contribution in [0, 0.1) is 0 Å². The molecule has 1 rings (SSSR count). The van der Waals surface area contributed by atoms with Crippen molar-refractivity contribution >= 4 is 0 Å². The van der Waals surface area contributed by atoms with Gasteiger partial charge in [0.05, 0.1) is 0 Å². The van der Waals surface area contributed by atoms with Gasteiger partial charge in [0.1, 0.15) is 12.7 Å². The predicted molar refractivity (Wildman–Crippen MR) is 85.8 cm³/mol. The van der Waals surface area contributed by atoms with E-state index < -0.39 is 0 Å². The molecule has 0 radical (unpaired) electrons. The molecule has 0 aliphatic carbocycles. The zero-order chi connectivity index (χ0) is 14.7. The summed E-state index contributed by atoms with van der Waals surface area (Å²) in [7, 11) is 0. The van der Waals surface area contributed by atoms with Gasteiger partial charge < -0.3 is 4.57 Å². The van der Waals surface area contributed by atoms with Crippen molar-refractivity contribution in [2.24, 2.45) is 0 Å². The maximum absolute atomic E-state index is 4.00. The van der Waals surface area contributed by atoms with Crippen molar-refractivity contribution in [3.05, 3.63) is 12.7 Å². The zero-order valence-corrected chi connectivity index (χ0v) is 13.8. The first-order chi connectivity index (χ1) is 9.73. The molecule has 0 fully saturated rings. The molecule has 116 valence electrons. The first-order valence-corrected chi connectivity index (χ1v) is 8.58. The van der Waals surface area contributed by atoms with E-state index in [0.717, 1.165) is 0 Å². The normalized spacial score (nSPS) is 14.3. The highest BCUT2D eigenvalue weighted by Gasteiger charge is 2.25. The minimum atomic E-state index is 0.212. The lowest BCUT2D eigenvalue weighted by atomic mass is 9.88. The fourth-order valence-electron chi connectivity index (χ4n) is 2.90. The molecule has 1 atom stereocenters. The average Bonchev–Trinajstić information content (AvgIpc) is 2.98. The molecule has 1 aromatic heterocycles. The van der Waals surface area contributed by atoms with E-state index >= 15 is 0 Å². The number of hydrogen-bond donors (Lipinski definition) is 0. The van der Waals surface area contributed by atoms with E-state index in [1.54, 1.807) is 0 Å². The van der Waals surface area contributed by atoms with Crippen molar-refractivity contribution in [1.82, 2.24) is 14.8 Å². The predicted octanol–water partition coefficient (Wildman–Crippen LogP) is 5.32. The molecule has 20 heavy (non-hydrogen) atoms. The highest BCUT2D eigenvalue weighted by Crippen LogP contribution is 2.29. The topological polar surface area (TPSA) is 30.7 Å². The van der Waals surface area contributed by atoms with Crippen molar-refractivity contribution in [3.63, 3.8) is 0 Å². The molecule has 0 N–H and O–H groups in total. The largest absolute Gasteiger partial charge is 0.314 e. The standard InChI is InChI=1S/C17H33N3/c1-4-6-8-10-12-14-17(3,13-11-9-7-5-2)20-15-18-19-16-20/h15-16H,4-14H2,1-3H3. The summed E-state index contributed by atoms with van der Waals surface area (Å²) in [6.07, 6.45) is 18.4. The van der Waals surface area contributed by atoms with Crippen LogP contribution in [0.1, 0.15) is 91.4 Å². The SMILES string of the molecule is CCCCCCCC(C)(CCCCCC)n1cnnc1. The van der Waals surface area contributed by atoms with E-state index in [1.807, 2.05) is 12.7 Å². The van der Waals surface area contributed by atoms with E-state index in [2.05, 4.69) is 35.5 Å². The van der Waals surface area contributed by atoms with Gasteiger partial charge in [0.25, 0.3) is 0 Å². The smallest absolute Gasteiger partial charge is 0.119 e. The van der Waals surface area contributed by atoms with E-state index in [4.69, 9.17) is 0 Å². The Labute approximate surface area is 125 Å². The Bertz CT molecular complexity index is 321. The van der Waals surface area contributed by atoms with E-state index in [1.165, 1.54) is 70.6 Å². The fourth-order valence-corrected chi connectivity index (χ4v) is 2.90. The summed E-state index contributed by atoms with van der Waals surface area (Å²) in [5.74, 6) is 0. The Morgan fingerprint density at radius 3 is 1.70 bits per heavy atom. The molecule has 0 aliphatic rings. The molecule has 0 spiro atoms. The second-order valence-corrected chi connectivity index (χ2v) is 6.34. The quantitative estimate of drug-likeness (QED) is 0.484. The Morgan fingerprint density at radius 2 is 1.20 bits per heavy atom. The average molecular weight is 279 g/mol. The third kappa shape index (κ3) is 6.06. The molecule has 3 nitrogen and oxygen atoms in total. The fraction of sp³-hybridized carbons (Fsp3) is 0.882. The molecule has 3 heteroatoms. The van der Waals surface area contributed by atoms with Gasteiger partial charge in [-0.05, 0) is 19.8 Å². The second kappa shape index (κ2) is 9.95. The summed E-state index contributed by atoms with van der Waals surface area (Å²) in [6.45, 7) is 6.92. The lowest BCUT2D eigenvalue weighted by Crippen LogP contribution is -2.29. The van der Waals surface area contributed by atoms with Crippen LogP contribution in [0.2, 0.25) is 0 Å². The van der Waals surface area contributed by atoms with Crippen LogP contribution in [0.15, 0.2) is 12.7 Å². The maximum atomic E-state index is 4.00. The number of aromatic nitrogens is 3. The van der Waals surface area contributed by atoms with Crippen LogP contribution in [-0.4, -0.2) is 14.8 Å². The summed E-state index contributed by atoms with van der Waals surface area (Å²) >= 11 is 0. The lowest BCUT2D eigenvalue weighted by molar-refractivity contribution is 0.250. The van der Waals surface area contributed by atoms with Gasteiger partial charge >= 0.3 is 0 Å². The molecule has 0 bridgehead atoms. The minimum Gasteiger partial charge on any atom is -0.314 e. The number of rotatable bonds is 12. The lowest BCUT2D eigenvalue weighted by Gasteiger charge is -2.31. The molecule has 1 heterocycles. The molecule has 0 saturated heterocycles. The number of hydrogen-bond acceptors (Lipinski definition) is 2. The summed E-state index contributed by atoms with van der Waals surface area (Å²) in [5.41, 5.74) is 0.212. The Hall–Kier alpha value is -0.860. The summed E-state index contributed by atoms with van der Waals surface area (Å²) in [5, 5.41) is 8.01. The molecule has 1 unspecified atom stereocenters. The highest BCUT2D eigenvalue weighted by atomic mass is 15.3. The molecule has 0 aliphatic heterocycles. The van der Waals surface area contributed by atoms with Gasteiger partial charge in [-0.2, -0.15) is 0 Å². The molecule has 0 aromatic carbocycles. The summed E-state index contributed by atoms with van der Waals surface area (Å²) < 4.78 is 2.23. The van der Waals surface area contributed by atoms with Crippen LogP contribution in [0.4, 0.5) is 0 Å². The zero-order valence-electron chi connectivity index (χ0n) is 13.8. The minimum absolute atomic E-state index is 0.212. The first-order valence-electron chi connectivity index (χ1n) is 8.58. The molecule has 0 amide bonds. The monoisotopic (exact) mass is 279 g/mol. The van der Waals surface area contributed by atoms with Crippen molar-refractivity contribution in [2.45, 2.75) is 96.9 Å². The van der Waals surface area contributed by atoms with Crippen LogP contribution in [0.3, 0.4) is 0 Å². The second-order valence-electron chi connectivity index (χ2n) is 6.34. The third-order valence-corrected chi connectivity index (χ3v) is 4.43. The van der Waals surface area contributed by atoms with Gasteiger partial charge in [0, 0.05) is 5.54 Å². The Balaban J connectivity index is 2.43. The van der Waals surface area contributed by atoms with Crippen LogP contribution in [0.25, 0.3) is 0 Å². The van der Waals surface area contributed by atoms with Gasteiger partial charge in [0.2, 0.25) is 0 Å². The van der Waals surface area contributed by atoms with Crippen molar-refractivity contribution in [3.8, 4) is 0 Å². The summed E-state index contributed by atoms with van der Waals surface area (Å²) in [4.78, 5) is 0. The number of nitrogens with zero attached hydrogens (tertiary/aromatic N) is 3. The van der Waals surface area contributed by atoms with Crippen molar-refractivity contribution in [2.75, 3.05) is 0 Å². The van der Waals surface area contributed by atoms with Gasteiger partial charge in [-0.25, -0.2) is 0 Å². The summed E-state index contributed by atoms with van der Waals surface area (Å²) in [6, 6.07) is 0. The molecular weight excluding hydrogens is 246 g/mol. The van der Waals surface area contributed by atoms with Crippen LogP contribution < -0.4 is 0 Å². The van der Waals surface area contributed by atoms with Gasteiger partial charge in [-0.15, -0.1) is 10.2 Å². The van der Waals surface area contributed by atoms with Crippen molar-refractivity contribution < 1.29 is 0 Å². The highest BCUT2D eigenvalue weighted by molar-refractivity contribution is 4.84. The Kier molecular flexibility index (Phi) is 8.56. The third-order valence-electron chi connectivity index (χ3n) is 4.43. The van der Waals surface area contributed by atoms with Gasteiger partial charge in [-0.1, -0.05) is 71.6 Å². The van der Waals surface area contributed by atoms with E-state index in [9.17, 15) is 0 Å². The van der Waals surface area contributed by atoms with Gasteiger partial charge in [0.15, 0.2) is 0 Å². The Morgan fingerprint density at radius 1 is 0.750 bits per heavy atom. The molecular formula is C17H33N3. The number of unbranched alkanes of at least 4 members (excludes halogenated alkanes) is 7. The molecule has 0 saturated carbocycles. The maximum Gasteiger partial charge on any atom is 0.119 e. The first kappa shape index (κ1) is 17.2. The van der Waals surface area contributed by atoms with Crippen molar-refractivity contribution in [1.29, 1.82) is 0 Å².